The van der Waals surface area contributed by atoms with Crippen LogP contribution in [0.15, 0.2) is 18.3 Å². The van der Waals surface area contributed by atoms with Gasteiger partial charge in [-0.15, -0.1) is 0 Å². The van der Waals surface area contributed by atoms with Crippen LogP contribution in [-0.2, 0) is 4.79 Å². The van der Waals surface area contributed by atoms with E-state index in [1.165, 1.54) is 0 Å². The highest BCUT2D eigenvalue weighted by Crippen LogP contribution is 2.25. The fourth-order valence-corrected chi connectivity index (χ4v) is 3.06. The van der Waals surface area contributed by atoms with Crippen molar-refractivity contribution in [2.45, 2.75) is 19.3 Å². The number of carboxylic acid groups (broad SMARTS) is 1. The minimum Gasteiger partial charge on any atom is -0.481 e. The molecule has 6 nitrogen and oxygen atoms in total. The molecule has 1 amide bonds. The Morgan fingerprint density at radius 3 is 2.67 bits per heavy atom. The smallest absolute Gasteiger partial charge is 0.308 e. The van der Waals surface area contributed by atoms with Crippen molar-refractivity contribution in [3.63, 3.8) is 0 Å². The molecule has 1 aromatic heterocycles. The van der Waals surface area contributed by atoms with Crippen LogP contribution in [0.25, 0.3) is 0 Å². The van der Waals surface area contributed by atoms with E-state index < -0.39 is 11.9 Å². The number of amides is 1. The maximum Gasteiger partial charge on any atom is 0.308 e. The summed E-state index contributed by atoms with van der Waals surface area (Å²) in [4.78, 5) is 31.8. The molecule has 0 bridgehead atoms. The maximum absolute atomic E-state index is 12.7. The molecule has 2 aliphatic rings. The fourth-order valence-electron chi connectivity index (χ4n) is 3.06. The molecule has 0 unspecified atom stereocenters. The summed E-state index contributed by atoms with van der Waals surface area (Å²) in [6.07, 6.45) is 4.47. The first-order chi connectivity index (χ1) is 10.2. The minimum absolute atomic E-state index is 0.103. The van der Waals surface area contributed by atoms with Crippen LogP contribution in [0.3, 0.4) is 0 Å². The van der Waals surface area contributed by atoms with E-state index in [1.54, 1.807) is 23.2 Å². The zero-order valence-electron chi connectivity index (χ0n) is 11.9. The van der Waals surface area contributed by atoms with Gasteiger partial charge in [0.1, 0.15) is 5.82 Å². The summed E-state index contributed by atoms with van der Waals surface area (Å²) < 4.78 is 0. The predicted molar refractivity (Wildman–Crippen MR) is 77.3 cm³/mol. The van der Waals surface area contributed by atoms with Crippen molar-refractivity contribution in [3.8, 4) is 0 Å². The molecule has 3 heterocycles. The van der Waals surface area contributed by atoms with Crippen LogP contribution in [-0.4, -0.2) is 53.0 Å². The van der Waals surface area contributed by atoms with E-state index >= 15 is 0 Å². The van der Waals surface area contributed by atoms with Crippen molar-refractivity contribution in [2.24, 2.45) is 5.92 Å². The van der Waals surface area contributed by atoms with Gasteiger partial charge in [0.05, 0.1) is 11.5 Å². The standard InChI is InChI=1S/C15H19N3O3/c19-14(18-9-5-11(10-18)15(20)21)12-4-3-6-16-13(12)17-7-1-2-8-17/h3-4,6,11H,1-2,5,7-10H2,(H,20,21)/t11-/m0/s1. The number of aromatic nitrogens is 1. The van der Waals surface area contributed by atoms with E-state index in [1.807, 2.05) is 0 Å². The Morgan fingerprint density at radius 1 is 1.24 bits per heavy atom. The Morgan fingerprint density at radius 2 is 2.00 bits per heavy atom. The zero-order chi connectivity index (χ0) is 14.8. The molecule has 112 valence electrons. The van der Waals surface area contributed by atoms with E-state index in [9.17, 15) is 9.59 Å². The van der Waals surface area contributed by atoms with E-state index in [0.29, 0.717) is 25.1 Å². The Kier molecular flexibility index (Phi) is 3.77. The van der Waals surface area contributed by atoms with Gasteiger partial charge < -0.3 is 14.9 Å². The summed E-state index contributed by atoms with van der Waals surface area (Å²) >= 11 is 0. The number of anilines is 1. The Balaban J connectivity index is 1.80. The van der Waals surface area contributed by atoms with Crippen molar-refractivity contribution < 1.29 is 14.7 Å². The van der Waals surface area contributed by atoms with E-state index in [4.69, 9.17) is 5.11 Å². The van der Waals surface area contributed by atoms with Crippen molar-refractivity contribution in [2.75, 3.05) is 31.1 Å². The van der Waals surface area contributed by atoms with Gasteiger partial charge in [0.15, 0.2) is 0 Å². The average Bonchev–Trinajstić information content (AvgIpc) is 3.18. The molecule has 1 aromatic rings. The average molecular weight is 289 g/mol. The van der Waals surface area contributed by atoms with Crippen molar-refractivity contribution in [3.05, 3.63) is 23.9 Å². The third-order valence-corrected chi connectivity index (χ3v) is 4.25. The maximum atomic E-state index is 12.7. The Bertz CT molecular complexity index is 555. The first kappa shape index (κ1) is 13.9. The van der Waals surface area contributed by atoms with Gasteiger partial charge in [-0.2, -0.15) is 0 Å². The number of aliphatic carboxylic acids is 1. The van der Waals surface area contributed by atoms with Crippen LogP contribution in [0.1, 0.15) is 29.6 Å². The van der Waals surface area contributed by atoms with E-state index in [2.05, 4.69) is 9.88 Å². The number of rotatable bonds is 3. The van der Waals surface area contributed by atoms with Gasteiger partial charge in [0.25, 0.3) is 5.91 Å². The number of carbonyl (C=O) groups is 2. The van der Waals surface area contributed by atoms with Gasteiger partial charge in [-0.25, -0.2) is 4.98 Å². The highest BCUT2D eigenvalue weighted by Gasteiger charge is 2.33. The van der Waals surface area contributed by atoms with Gasteiger partial charge in [0.2, 0.25) is 0 Å². The lowest BCUT2D eigenvalue weighted by molar-refractivity contribution is -0.141. The van der Waals surface area contributed by atoms with E-state index in [0.717, 1.165) is 31.7 Å². The van der Waals surface area contributed by atoms with Gasteiger partial charge in [-0.05, 0) is 31.4 Å². The van der Waals surface area contributed by atoms with Crippen LogP contribution in [0.4, 0.5) is 5.82 Å². The number of carboxylic acids is 1. The summed E-state index contributed by atoms with van der Waals surface area (Å²) in [5.41, 5.74) is 0.588. The molecular weight excluding hydrogens is 270 g/mol. The SMILES string of the molecule is O=C(O)[C@H]1CCN(C(=O)c2cccnc2N2CCCC2)C1. The lowest BCUT2D eigenvalue weighted by Gasteiger charge is -2.22. The van der Waals surface area contributed by atoms with E-state index in [-0.39, 0.29) is 5.91 Å². The lowest BCUT2D eigenvalue weighted by atomic mass is 10.1. The van der Waals surface area contributed by atoms with Gasteiger partial charge >= 0.3 is 5.97 Å². The quantitative estimate of drug-likeness (QED) is 0.906. The first-order valence-electron chi connectivity index (χ1n) is 7.39. The molecule has 0 saturated carbocycles. The second kappa shape index (κ2) is 5.71. The summed E-state index contributed by atoms with van der Waals surface area (Å²) in [5.74, 6) is -0.635. The van der Waals surface area contributed by atoms with Crippen molar-refractivity contribution >= 4 is 17.7 Å². The third kappa shape index (κ3) is 2.70. The number of hydrogen-bond donors (Lipinski definition) is 1. The van der Waals surface area contributed by atoms with Crippen molar-refractivity contribution in [1.82, 2.24) is 9.88 Å². The number of carbonyl (C=O) groups excluding carboxylic acids is 1. The molecule has 3 rings (SSSR count). The van der Waals surface area contributed by atoms with Gasteiger partial charge in [0, 0.05) is 32.4 Å². The van der Waals surface area contributed by atoms with Gasteiger partial charge in [-0.3, -0.25) is 9.59 Å². The zero-order valence-corrected chi connectivity index (χ0v) is 11.9. The molecule has 0 spiro atoms. The highest BCUT2D eigenvalue weighted by molar-refractivity contribution is 5.99. The Hall–Kier alpha value is -2.11. The van der Waals surface area contributed by atoms with Gasteiger partial charge in [-0.1, -0.05) is 0 Å². The monoisotopic (exact) mass is 289 g/mol. The van der Waals surface area contributed by atoms with Crippen molar-refractivity contribution in [1.29, 1.82) is 0 Å². The van der Waals surface area contributed by atoms with Crippen LogP contribution in [0, 0.1) is 5.92 Å². The normalized spacial score (nSPS) is 21.8. The van der Waals surface area contributed by atoms with Crippen LogP contribution in [0.5, 0.6) is 0 Å². The fraction of sp³-hybridized carbons (Fsp3) is 0.533. The number of pyridine rings is 1. The molecule has 0 aromatic carbocycles. The predicted octanol–water partition coefficient (Wildman–Crippen LogP) is 1.23. The molecule has 1 atom stereocenters. The summed E-state index contributed by atoms with van der Waals surface area (Å²) in [7, 11) is 0. The number of nitrogens with zero attached hydrogens (tertiary/aromatic N) is 3. The molecule has 2 aliphatic heterocycles. The second-order valence-electron chi connectivity index (χ2n) is 5.64. The lowest BCUT2D eigenvalue weighted by Crippen LogP contribution is -2.32. The molecule has 21 heavy (non-hydrogen) atoms. The molecule has 6 heteroatoms. The molecule has 0 aliphatic carbocycles. The number of likely N-dealkylation sites (tertiary alicyclic amines) is 1. The van der Waals surface area contributed by atoms with Crippen LogP contribution < -0.4 is 4.90 Å². The largest absolute Gasteiger partial charge is 0.481 e. The second-order valence-corrected chi connectivity index (χ2v) is 5.64. The summed E-state index contributed by atoms with van der Waals surface area (Å²) in [6.45, 7) is 2.65. The highest BCUT2D eigenvalue weighted by atomic mass is 16.4. The first-order valence-corrected chi connectivity index (χ1v) is 7.39. The molecular formula is C15H19N3O3. The Labute approximate surface area is 123 Å². The third-order valence-electron chi connectivity index (χ3n) is 4.25. The molecule has 2 fully saturated rings. The van der Waals surface area contributed by atoms with Crippen LogP contribution >= 0.6 is 0 Å². The summed E-state index contributed by atoms with van der Waals surface area (Å²) in [6, 6.07) is 3.55. The summed E-state index contributed by atoms with van der Waals surface area (Å²) in [5, 5.41) is 9.05. The minimum atomic E-state index is -0.823. The van der Waals surface area contributed by atoms with Crippen LogP contribution in [0.2, 0.25) is 0 Å². The topological polar surface area (TPSA) is 73.7 Å². The molecule has 2 saturated heterocycles. The molecule has 0 radical (unpaired) electrons. The number of hydrogen-bond acceptors (Lipinski definition) is 4. The molecule has 1 N–H and O–H groups in total.